The van der Waals surface area contributed by atoms with Crippen molar-refractivity contribution in [3.05, 3.63) is 62.8 Å². The third kappa shape index (κ3) is 3.31. The van der Waals surface area contributed by atoms with Crippen LogP contribution < -0.4 is 5.56 Å². The summed E-state index contributed by atoms with van der Waals surface area (Å²) in [4.78, 5) is 29.1. The van der Waals surface area contributed by atoms with E-state index < -0.39 is 17.3 Å². The van der Waals surface area contributed by atoms with Crippen LogP contribution in [0.15, 0.2) is 34.4 Å². The highest BCUT2D eigenvalue weighted by atomic mass is 32.1. The van der Waals surface area contributed by atoms with Crippen LogP contribution in [0.4, 0.5) is 4.39 Å². The second-order valence-corrected chi connectivity index (χ2v) is 6.25. The molecule has 0 saturated heterocycles. The topological polar surface area (TPSA) is 81.4 Å². The van der Waals surface area contributed by atoms with E-state index >= 15 is 0 Å². The van der Waals surface area contributed by atoms with E-state index in [0.29, 0.717) is 29.2 Å². The SMILES string of the molecule is COCCc1nc2scc(C(=O)O)c2c(=O)n1Cc1ccccc1F. The number of rotatable bonds is 6. The van der Waals surface area contributed by atoms with E-state index in [1.54, 1.807) is 18.2 Å². The molecule has 0 aliphatic rings. The average molecular weight is 362 g/mol. The molecule has 2 aromatic heterocycles. The first-order chi connectivity index (χ1) is 12.0. The summed E-state index contributed by atoms with van der Waals surface area (Å²) in [6, 6.07) is 6.14. The number of benzene rings is 1. The molecule has 8 heteroatoms. The van der Waals surface area contributed by atoms with E-state index in [2.05, 4.69) is 4.98 Å². The van der Waals surface area contributed by atoms with Gasteiger partial charge >= 0.3 is 5.97 Å². The molecule has 0 bridgehead atoms. The molecule has 0 saturated carbocycles. The number of ether oxygens (including phenoxy) is 1. The Hall–Kier alpha value is -2.58. The number of hydrogen-bond donors (Lipinski definition) is 1. The Morgan fingerprint density at radius 1 is 1.40 bits per heavy atom. The van der Waals surface area contributed by atoms with Gasteiger partial charge < -0.3 is 9.84 Å². The number of aromatic carboxylic acids is 1. The third-order valence-corrected chi connectivity index (χ3v) is 4.69. The van der Waals surface area contributed by atoms with Gasteiger partial charge in [0.2, 0.25) is 0 Å². The van der Waals surface area contributed by atoms with Crippen LogP contribution in [-0.2, 0) is 17.7 Å². The van der Waals surface area contributed by atoms with Crippen LogP contribution in [0.1, 0.15) is 21.7 Å². The molecule has 0 unspecified atom stereocenters. The highest BCUT2D eigenvalue weighted by Gasteiger charge is 2.20. The Morgan fingerprint density at radius 3 is 2.84 bits per heavy atom. The Labute approximate surface area is 146 Å². The van der Waals surface area contributed by atoms with E-state index in [1.807, 2.05) is 0 Å². The lowest BCUT2D eigenvalue weighted by Gasteiger charge is -2.13. The number of carbonyl (C=O) groups is 1. The molecule has 0 spiro atoms. The number of carboxylic acids is 1. The van der Waals surface area contributed by atoms with Crippen molar-refractivity contribution in [1.29, 1.82) is 0 Å². The van der Waals surface area contributed by atoms with Gasteiger partial charge in [-0.15, -0.1) is 11.3 Å². The Bertz CT molecular complexity index is 996. The van der Waals surface area contributed by atoms with Crippen molar-refractivity contribution < 1.29 is 19.0 Å². The predicted octanol–water partition coefficient (Wildman–Crippen LogP) is 2.53. The molecule has 0 amide bonds. The summed E-state index contributed by atoms with van der Waals surface area (Å²) in [5.74, 6) is -1.19. The summed E-state index contributed by atoms with van der Waals surface area (Å²) in [6.45, 7) is 0.314. The van der Waals surface area contributed by atoms with Gasteiger partial charge in [-0.1, -0.05) is 18.2 Å². The van der Waals surface area contributed by atoms with Crippen molar-refractivity contribution in [3.8, 4) is 0 Å². The van der Waals surface area contributed by atoms with E-state index in [4.69, 9.17) is 4.74 Å². The standard InChI is InChI=1S/C17H15FN2O4S/c1-24-7-6-13-19-15-14(11(9-25-15)17(22)23)16(21)20(13)8-10-4-2-3-5-12(10)18/h2-5,9H,6-8H2,1H3,(H,22,23). The summed E-state index contributed by atoms with van der Waals surface area (Å²) in [6.07, 6.45) is 0.358. The number of halogens is 1. The molecule has 3 aromatic rings. The van der Waals surface area contributed by atoms with Crippen LogP contribution in [0, 0.1) is 5.82 Å². The summed E-state index contributed by atoms with van der Waals surface area (Å²) in [7, 11) is 1.53. The van der Waals surface area contributed by atoms with E-state index in [-0.39, 0.29) is 17.5 Å². The van der Waals surface area contributed by atoms with Crippen molar-refractivity contribution in [2.24, 2.45) is 0 Å². The molecular formula is C17H15FN2O4S. The second kappa shape index (κ2) is 7.12. The van der Waals surface area contributed by atoms with Crippen molar-refractivity contribution in [1.82, 2.24) is 9.55 Å². The number of hydrogen-bond acceptors (Lipinski definition) is 5. The van der Waals surface area contributed by atoms with Gasteiger partial charge in [0.15, 0.2) is 0 Å². The zero-order valence-electron chi connectivity index (χ0n) is 13.4. The number of carboxylic acid groups (broad SMARTS) is 1. The number of aromatic nitrogens is 2. The monoisotopic (exact) mass is 362 g/mol. The van der Waals surface area contributed by atoms with Gasteiger partial charge in [-0.05, 0) is 6.07 Å². The van der Waals surface area contributed by atoms with Crippen LogP contribution in [-0.4, -0.2) is 34.3 Å². The van der Waals surface area contributed by atoms with Gasteiger partial charge in [0.1, 0.15) is 16.5 Å². The molecule has 0 aliphatic heterocycles. The fourth-order valence-electron chi connectivity index (χ4n) is 2.57. The summed E-state index contributed by atoms with van der Waals surface area (Å²) in [5, 5.41) is 10.7. The first-order valence-corrected chi connectivity index (χ1v) is 8.37. The minimum Gasteiger partial charge on any atom is -0.478 e. The Balaban J connectivity index is 2.20. The smallest absolute Gasteiger partial charge is 0.337 e. The minimum atomic E-state index is -1.19. The molecule has 2 heterocycles. The molecule has 1 N–H and O–H groups in total. The van der Waals surface area contributed by atoms with Gasteiger partial charge in [0, 0.05) is 24.5 Å². The average Bonchev–Trinajstić information content (AvgIpc) is 3.02. The minimum absolute atomic E-state index is 0.0254. The fourth-order valence-corrected chi connectivity index (χ4v) is 3.49. The highest BCUT2D eigenvalue weighted by Crippen LogP contribution is 2.22. The van der Waals surface area contributed by atoms with Crippen LogP contribution in [0.3, 0.4) is 0 Å². The predicted molar refractivity (Wildman–Crippen MR) is 91.9 cm³/mol. The molecule has 1 aromatic carbocycles. The van der Waals surface area contributed by atoms with E-state index in [1.165, 1.54) is 23.1 Å². The molecule has 6 nitrogen and oxygen atoms in total. The van der Waals surface area contributed by atoms with Crippen LogP contribution >= 0.6 is 11.3 Å². The van der Waals surface area contributed by atoms with Crippen LogP contribution in [0.2, 0.25) is 0 Å². The molecule has 0 aliphatic carbocycles. The maximum Gasteiger partial charge on any atom is 0.337 e. The largest absolute Gasteiger partial charge is 0.478 e. The zero-order chi connectivity index (χ0) is 18.0. The number of fused-ring (bicyclic) bond motifs is 1. The van der Waals surface area contributed by atoms with Gasteiger partial charge in [-0.2, -0.15) is 0 Å². The highest BCUT2D eigenvalue weighted by molar-refractivity contribution is 7.17. The molecule has 0 radical (unpaired) electrons. The normalized spacial score (nSPS) is 11.1. The maximum absolute atomic E-state index is 14.0. The Kier molecular flexibility index (Phi) is 4.91. The molecule has 130 valence electrons. The Morgan fingerprint density at radius 2 is 2.16 bits per heavy atom. The first-order valence-electron chi connectivity index (χ1n) is 7.49. The summed E-state index contributed by atoms with van der Waals surface area (Å²) < 4.78 is 20.4. The lowest BCUT2D eigenvalue weighted by atomic mass is 10.2. The van der Waals surface area contributed by atoms with Gasteiger partial charge in [0.05, 0.1) is 24.1 Å². The summed E-state index contributed by atoms with van der Waals surface area (Å²) >= 11 is 1.10. The fraction of sp³-hybridized carbons (Fsp3) is 0.235. The lowest BCUT2D eigenvalue weighted by molar-refractivity contribution is 0.0699. The van der Waals surface area contributed by atoms with Crippen LogP contribution in [0.25, 0.3) is 10.2 Å². The number of thiophene rings is 1. The van der Waals surface area contributed by atoms with E-state index in [0.717, 1.165) is 11.3 Å². The van der Waals surface area contributed by atoms with Gasteiger partial charge in [-0.3, -0.25) is 9.36 Å². The summed E-state index contributed by atoms with van der Waals surface area (Å²) in [5.41, 5.74) is -0.243. The molecule has 25 heavy (non-hydrogen) atoms. The van der Waals surface area contributed by atoms with E-state index in [9.17, 15) is 19.1 Å². The van der Waals surface area contributed by atoms with Crippen LogP contribution in [0.5, 0.6) is 0 Å². The van der Waals surface area contributed by atoms with Gasteiger partial charge in [0.25, 0.3) is 5.56 Å². The first kappa shape index (κ1) is 17.2. The van der Waals surface area contributed by atoms with Crippen molar-refractivity contribution in [3.63, 3.8) is 0 Å². The van der Waals surface area contributed by atoms with Crippen molar-refractivity contribution in [2.75, 3.05) is 13.7 Å². The maximum atomic E-state index is 14.0. The second-order valence-electron chi connectivity index (χ2n) is 5.39. The van der Waals surface area contributed by atoms with Crippen molar-refractivity contribution >= 4 is 27.5 Å². The molecule has 0 fully saturated rings. The third-order valence-electron chi connectivity index (χ3n) is 3.82. The molecule has 3 rings (SSSR count). The number of methoxy groups -OCH3 is 1. The quantitative estimate of drug-likeness (QED) is 0.729. The molecule has 0 atom stereocenters. The number of nitrogens with zero attached hydrogens (tertiary/aromatic N) is 2. The zero-order valence-corrected chi connectivity index (χ0v) is 14.2. The van der Waals surface area contributed by atoms with Crippen molar-refractivity contribution in [2.45, 2.75) is 13.0 Å². The lowest BCUT2D eigenvalue weighted by Crippen LogP contribution is -2.27. The molecular weight excluding hydrogens is 347 g/mol. The van der Waals surface area contributed by atoms with Gasteiger partial charge in [-0.25, -0.2) is 14.2 Å².